The SMILES string of the molecule is CC1CCCC(c2nc(C(C)C)cc(=O)[nH]2)C1. The summed E-state index contributed by atoms with van der Waals surface area (Å²) in [5.74, 6) is 2.43. The van der Waals surface area contributed by atoms with Crippen LogP contribution in [-0.2, 0) is 0 Å². The molecule has 1 aliphatic rings. The van der Waals surface area contributed by atoms with E-state index in [1.54, 1.807) is 6.07 Å². The standard InChI is InChI=1S/C14H22N2O/c1-9(2)12-8-13(17)16-14(15-12)11-6-4-5-10(3)7-11/h8-11H,4-7H2,1-3H3,(H,15,16,17). The van der Waals surface area contributed by atoms with E-state index in [0.717, 1.165) is 30.3 Å². The summed E-state index contributed by atoms with van der Waals surface area (Å²) in [5, 5.41) is 0. The molecule has 94 valence electrons. The fourth-order valence-electron chi connectivity index (χ4n) is 2.67. The quantitative estimate of drug-likeness (QED) is 0.854. The van der Waals surface area contributed by atoms with E-state index < -0.39 is 0 Å². The van der Waals surface area contributed by atoms with Gasteiger partial charge in [0.05, 0.1) is 5.69 Å². The van der Waals surface area contributed by atoms with Crippen LogP contribution in [0.4, 0.5) is 0 Å². The molecule has 0 aromatic carbocycles. The predicted molar refractivity (Wildman–Crippen MR) is 69.3 cm³/mol. The van der Waals surface area contributed by atoms with Gasteiger partial charge in [-0.25, -0.2) is 4.98 Å². The minimum atomic E-state index is -0.00285. The van der Waals surface area contributed by atoms with Crippen LogP contribution in [0.2, 0.25) is 0 Å². The van der Waals surface area contributed by atoms with E-state index >= 15 is 0 Å². The molecule has 2 rings (SSSR count). The molecule has 0 radical (unpaired) electrons. The second-order valence-corrected chi connectivity index (χ2v) is 5.68. The summed E-state index contributed by atoms with van der Waals surface area (Å²) in [6.07, 6.45) is 4.88. The lowest BCUT2D eigenvalue weighted by Gasteiger charge is -2.26. The number of H-pyrrole nitrogens is 1. The van der Waals surface area contributed by atoms with Gasteiger partial charge >= 0.3 is 0 Å². The van der Waals surface area contributed by atoms with Crippen molar-refractivity contribution in [1.82, 2.24) is 9.97 Å². The van der Waals surface area contributed by atoms with Crippen LogP contribution >= 0.6 is 0 Å². The predicted octanol–water partition coefficient (Wildman–Crippen LogP) is 3.19. The maximum atomic E-state index is 11.6. The zero-order chi connectivity index (χ0) is 12.4. The Morgan fingerprint density at radius 3 is 2.82 bits per heavy atom. The molecule has 1 fully saturated rings. The Labute approximate surface area is 103 Å². The number of aromatic amines is 1. The van der Waals surface area contributed by atoms with E-state index in [1.165, 1.54) is 12.8 Å². The first-order valence-electron chi connectivity index (χ1n) is 6.67. The van der Waals surface area contributed by atoms with Gasteiger partial charge in [-0.3, -0.25) is 4.79 Å². The Hall–Kier alpha value is -1.12. The second kappa shape index (κ2) is 5.03. The van der Waals surface area contributed by atoms with Crippen molar-refractivity contribution >= 4 is 0 Å². The van der Waals surface area contributed by atoms with E-state index in [9.17, 15) is 4.79 Å². The van der Waals surface area contributed by atoms with Crippen LogP contribution < -0.4 is 5.56 Å². The van der Waals surface area contributed by atoms with Crippen molar-refractivity contribution in [3.8, 4) is 0 Å². The van der Waals surface area contributed by atoms with Gasteiger partial charge in [0.25, 0.3) is 5.56 Å². The molecule has 0 aliphatic heterocycles. The van der Waals surface area contributed by atoms with Crippen molar-refractivity contribution in [2.75, 3.05) is 0 Å². The summed E-state index contributed by atoms with van der Waals surface area (Å²) in [5.41, 5.74) is 0.916. The van der Waals surface area contributed by atoms with Crippen LogP contribution in [0, 0.1) is 5.92 Å². The average Bonchev–Trinajstić information content (AvgIpc) is 2.28. The number of aromatic nitrogens is 2. The number of nitrogens with one attached hydrogen (secondary N) is 1. The van der Waals surface area contributed by atoms with Crippen LogP contribution in [0.5, 0.6) is 0 Å². The Bertz CT molecular complexity index is 436. The van der Waals surface area contributed by atoms with Gasteiger partial charge in [-0.15, -0.1) is 0 Å². The number of hydrogen-bond acceptors (Lipinski definition) is 2. The van der Waals surface area contributed by atoms with Crippen LogP contribution in [0.1, 0.15) is 69.8 Å². The van der Waals surface area contributed by atoms with Crippen LogP contribution in [0.25, 0.3) is 0 Å². The van der Waals surface area contributed by atoms with Gasteiger partial charge in [0.15, 0.2) is 0 Å². The maximum absolute atomic E-state index is 11.6. The lowest BCUT2D eigenvalue weighted by atomic mass is 9.82. The first-order valence-corrected chi connectivity index (χ1v) is 6.67. The zero-order valence-corrected chi connectivity index (χ0v) is 11.0. The van der Waals surface area contributed by atoms with Crippen molar-refractivity contribution in [1.29, 1.82) is 0 Å². The number of rotatable bonds is 2. The smallest absolute Gasteiger partial charge is 0.251 e. The summed E-state index contributed by atoms with van der Waals surface area (Å²) in [6.45, 7) is 6.45. The largest absolute Gasteiger partial charge is 0.310 e. The van der Waals surface area contributed by atoms with E-state index in [0.29, 0.717) is 11.8 Å². The highest BCUT2D eigenvalue weighted by molar-refractivity contribution is 5.10. The fourth-order valence-corrected chi connectivity index (χ4v) is 2.67. The van der Waals surface area contributed by atoms with E-state index in [1.807, 2.05) is 0 Å². The molecule has 0 saturated heterocycles. The first kappa shape index (κ1) is 12.3. The first-order chi connectivity index (χ1) is 8.06. The van der Waals surface area contributed by atoms with Crippen LogP contribution in [-0.4, -0.2) is 9.97 Å². The monoisotopic (exact) mass is 234 g/mol. The Morgan fingerprint density at radius 2 is 2.18 bits per heavy atom. The van der Waals surface area contributed by atoms with Gasteiger partial charge in [0.2, 0.25) is 0 Å². The Balaban J connectivity index is 2.28. The van der Waals surface area contributed by atoms with Gasteiger partial charge in [0.1, 0.15) is 5.82 Å². The molecule has 3 heteroatoms. The van der Waals surface area contributed by atoms with Crippen molar-refractivity contribution < 1.29 is 0 Å². The molecule has 1 heterocycles. The highest BCUT2D eigenvalue weighted by Crippen LogP contribution is 2.34. The molecular formula is C14H22N2O. The molecule has 17 heavy (non-hydrogen) atoms. The van der Waals surface area contributed by atoms with Crippen molar-refractivity contribution in [3.63, 3.8) is 0 Å². The van der Waals surface area contributed by atoms with Gasteiger partial charge < -0.3 is 4.98 Å². The molecule has 1 aliphatic carbocycles. The molecule has 3 nitrogen and oxygen atoms in total. The third kappa shape index (κ3) is 2.96. The highest BCUT2D eigenvalue weighted by atomic mass is 16.1. The molecule has 0 amide bonds. The third-order valence-electron chi connectivity index (χ3n) is 3.69. The second-order valence-electron chi connectivity index (χ2n) is 5.68. The Kier molecular flexibility index (Phi) is 3.65. The van der Waals surface area contributed by atoms with E-state index in [2.05, 4.69) is 30.7 Å². The van der Waals surface area contributed by atoms with Gasteiger partial charge in [-0.05, 0) is 24.7 Å². The van der Waals surface area contributed by atoms with Crippen molar-refractivity contribution in [3.05, 3.63) is 27.9 Å². The minimum absolute atomic E-state index is 0.00285. The van der Waals surface area contributed by atoms with Crippen molar-refractivity contribution in [2.45, 2.75) is 58.3 Å². The van der Waals surface area contributed by atoms with Gasteiger partial charge in [0, 0.05) is 12.0 Å². The highest BCUT2D eigenvalue weighted by Gasteiger charge is 2.22. The summed E-state index contributed by atoms with van der Waals surface area (Å²) >= 11 is 0. The number of nitrogens with zero attached hydrogens (tertiary/aromatic N) is 1. The molecule has 0 bridgehead atoms. The van der Waals surface area contributed by atoms with Crippen LogP contribution in [0.15, 0.2) is 10.9 Å². The molecule has 1 aromatic heterocycles. The fraction of sp³-hybridized carbons (Fsp3) is 0.714. The third-order valence-corrected chi connectivity index (χ3v) is 3.69. The normalized spacial score (nSPS) is 25.2. The summed E-state index contributed by atoms with van der Waals surface area (Å²) in [4.78, 5) is 19.2. The number of hydrogen-bond donors (Lipinski definition) is 1. The molecule has 2 unspecified atom stereocenters. The molecular weight excluding hydrogens is 212 g/mol. The van der Waals surface area contributed by atoms with Crippen LogP contribution in [0.3, 0.4) is 0 Å². The molecule has 2 atom stereocenters. The average molecular weight is 234 g/mol. The van der Waals surface area contributed by atoms with Crippen molar-refractivity contribution in [2.24, 2.45) is 5.92 Å². The zero-order valence-electron chi connectivity index (χ0n) is 11.0. The molecule has 1 N–H and O–H groups in total. The van der Waals surface area contributed by atoms with Gasteiger partial charge in [-0.1, -0.05) is 33.6 Å². The molecule has 1 aromatic rings. The summed E-state index contributed by atoms with van der Waals surface area (Å²) in [7, 11) is 0. The minimum Gasteiger partial charge on any atom is -0.310 e. The molecule has 1 saturated carbocycles. The lowest BCUT2D eigenvalue weighted by Crippen LogP contribution is -2.20. The molecule has 0 spiro atoms. The summed E-state index contributed by atoms with van der Waals surface area (Å²) in [6, 6.07) is 1.63. The van der Waals surface area contributed by atoms with E-state index in [-0.39, 0.29) is 5.56 Å². The van der Waals surface area contributed by atoms with E-state index in [4.69, 9.17) is 0 Å². The topological polar surface area (TPSA) is 45.8 Å². The van der Waals surface area contributed by atoms with Gasteiger partial charge in [-0.2, -0.15) is 0 Å². The lowest BCUT2D eigenvalue weighted by molar-refractivity contribution is 0.334. The Morgan fingerprint density at radius 1 is 1.41 bits per heavy atom. The maximum Gasteiger partial charge on any atom is 0.251 e. The summed E-state index contributed by atoms with van der Waals surface area (Å²) < 4.78 is 0.